The number of hydrogen-bond donors (Lipinski definition) is 1. The van der Waals surface area contributed by atoms with Crippen LogP contribution in [-0.2, 0) is 4.74 Å². The molecule has 0 amide bonds. The average Bonchev–Trinajstić information content (AvgIpc) is 2.75. The van der Waals surface area contributed by atoms with E-state index >= 15 is 0 Å². The Morgan fingerprint density at radius 3 is 2.50 bits per heavy atom. The van der Waals surface area contributed by atoms with Crippen LogP contribution in [0.3, 0.4) is 0 Å². The molecule has 2 aliphatic carbocycles. The summed E-state index contributed by atoms with van der Waals surface area (Å²) in [7, 11) is 0. The highest BCUT2D eigenvalue weighted by Gasteiger charge is 2.49. The van der Waals surface area contributed by atoms with Gasteiger partial charge in [-0.25, -0.2) is 0 Å². The molecule has 2 fully saturated rings. The van der Waals surface area contributed by atoms with Crippen LogP contribution in [-0.4, -0.2) is 18.8 Å². The van der Waals surface area contributed by atoms with Crippen LogP contribution in [0.4, 0.5) is 0 Å². The molecule has 0 radical (unpaired) electrons. The third kappa shape index (κ3) is 2.43. The maximum absolute atomic E-state index is 6.05. The molecule has 2 saturated carbocycles. The van der Waals surface area contributed by atoms with Crippen LogP contribution in [0.5, 0.6) is 0 Å². The van der Waals surface area contributed by atoms with E-state index in [2.05, 4.69) is 20.8 Å². The van der Waals surface area contributed by atoms with Crippen LogP contribution in [0.2, 0.25) is 0 Å². The summed E-state index contributed by atoms with van der Waals surface area (Å²) in [5.41, 5.74) is 6.47. The van der Waals surface area contributed by atoms with E-state index in [1.54, 1.807) is 0 Å². The van der Waals surface area contributed by atoms with Gasteiger partial charge in [0.2, 0.25) is 0 Å². The van der Waals surface area contributed by atoms with Gasteiger partial charge in [0.15, 0.2) is 0 Å². The smallest absolute Gasteiger partial charge is 0.0598 e. The standard InChI is InChI=1S/C14H27NO/c1-13(2,3)16-7-6-14(10-15)9-11-4-5-12(14)8-11/h11-12H,4-10,15H2,1-3H3. The first-order valence-corrected chi connectivity index (χ1v) is 6.79. The predicted octanol–water partition coefficient (Wildman–Crippen LogP) is 2.96. The van der Waals surface area contributed by atoms with Crippen molar-refractivity contribution in [2.75, 3.05) is 13.2 Å². The Morgan fingerprint density at radius 2 is 2.06 bits per heavy atom. The van der Waals surface area contributed by atoms with Crippen molar-refractivity contribution in [3.8, 4) is 0 Å². The van der Waals surface area contributed by atoms with E-state index in [-0.39, 0.29) is 5.60 Å². The van der Waals surface area contributed by atoms with E-state index in [0.29, 0.717) is 5.41 Å². The van der Waals surface area contributed by atoms with Gasteiger partial charge in [0.25, 0.3) is 0 Å². The Hall–Kier alpha value is -0.0800. The van der Waals surface area contributed by atoms with Crippen LogP contribution in [0.25, 0.3) is 0 Å². The summed E-state index contributed by atoms with van der Waals surface area (Å²) in [6.45, 7) is 8.13. The molecule has 3 atom stereocenters. The van der Waals surface area contributed by atoms with Crippen molar-refractivity contribution in [2.24, 2.45) is 23.0 Å². The molecule has 2 nitrogen and oxygen atoms in total. The molecule has 94 valence electrons. The van der Waals surface area contributed by atoms with Crippen molar-refractivity contribution in [3.63, 3.8) is 0 Å². The molecule has 0 saturated heterocycles. The maximum atomic E-state index is 6.05. The van der Waals surface area contributed by atoms with Crippen LogP contribution in [0.15, 0.2) is 0 Å². The van der Waals surface area contributed by atoms with Gasteiger partial charge < -0.3 is 10.5 Å². The Labute approximate surface area is 99.9 Å². The Balaban J connectivity index is 1.87. The number of hydrogen-bond acceptors (Lipinski definition) is 2. The lowest BCUT2D eigenvalue weighted by atomic mass is 9.71. The van der Waals surface area contributed by atoms with Crippen LogP contribution < -0.4 is 5.73 Å². The first kappa shape index (κ1) is 12.4. The third-order valence-corrected chi connectivity index (χ3v) is 4.64. The molecule has 0 heterocycles. The van der Waals surface area contributed by atoms with Gasteiger partial charge in [0.1, 0.15) is 0 Å². The second-order valence-corrected chi connectivity index (χ2v) is 6.86. The molecule has 2 heteroatoms. The molecule has 2 bridgehead atoms. The molecule has 0 aromatic carbocycles. The van der Waals surface area contributed by atoms with Gasteiger partial charge in [-0.15, -0.1) is 0 Å². The molecule has 2 rings (SSSR count). The minimum absolute atomic E-state index is 0.00654. The summed E-state index contributed by atoms with van der Waals surface area (Å²) in [6, 6.07) is 0. The van der Waals surface area contributed by atoms with E-state index in [1.807, 2.05) is 0 Å². The molecule has 16 heavy (non-hydrogen) atoms. The predicted molar refractivity (Wildman–Crippen MR) is 67.3 cm³/mol. The summed E-state index contributed by atoms with van der Waals surface area (Å²) >= 11 is 0. The fourth-order valence-corrected chi connectivity index (χ4v) is 3.78. The van der Waals surface area contributed by atoms with Gasteiger partial charge >= 0.3 is 0 Å². The molecule has 0 aromatic rings. The largest absolute Gasteiger partial charge is 0.376 e. The molecule has 2 N–H and O–H groups in total. The van der Waals surface area contributed by atoms with Crippen molar-refractivity contribution in [1.29, 1.82) is 0 Å². The maximum Gasteiger partial charge on any atom is 0.0598 e. The highest BCUT2D eigenvalue weighted by Crippen LogP contribution is 2.57. The van der Waals surface area contributed by atoms with Gasteiger partial charge in [-0.05, 0) is 70.3 Å². The fraction of sp³-hybridized carbons (Fsp3) is 1.00. The monoisotopic (exact) mass is 225 g/mol. The average molecular weight is 225 g/mol. The first-order valence-electron chi connectivity index (χ1n) is 6.79. The fourth-order valence-electron chi connectivity index (χ4n) is 3.78. The zero-order valence-corrected chi connectivity index (χ0v) is 11.1. The Kier molecular flexibility index (Phi) is 3.33. The molecular weight excluding hydrogens is 198 g/mol. The van der Waals surface area contributed by atoms with E-state index in [1.165, 1.54) is 32.1 Å². The van der Waals surface area contributed by atoms with Gasteiger partial charge in [-0.2, -0.15) is 0 Å². The molecule has 0 spiro atoms. The molecular formula is C14H27NO. The van der Waals surface area contributed by atoms with Crippen molar-refractivity contribution in [3.05, 3.63) is 0 Å². The first-order chi connectivity index (χ1) is 7.45. The van der Waals surface area contributed by atoms with E-state index in [4.69, 9.17) is 10.5 Å². The van der Waals surface area contributed by atoms with Gasteiger partial charge in [-0.1, -0.05) is 6.42 Å². The molecule has 2 aliphatic rings. The molecule has 0 aromatic heterocycles. The van der Waals surface area contributed by atoms with E-state index in [9.17, 15) is 0 Å². The molecule has 0 aliphatic heterocycles. The Morgan fingerprint density at radius 1 is 1.31 bits per heavy atom. The normalized spacial score (nSPS) is 38.2. The number of ether oxygens (including phenoxy) is 1. The third-order valence-electron chi connectivity index (χ3n) is 4.64. The minimum Gasteiger partial charge on any atom is -0.376 e. The van der Waals surface area contributed by atoms with Crippen LogP contribution in [0.1, 0.15) is 52.9 Å². The second kappa shape index (κ2) is 4.30. The minimum atomic E-state index is -0.00654. The number of fused-ring (bicyclic) bond motifs is 2. The zero-order valence-electron chi connectivity index (χ0n) is 11.1. The zero-order chi connectivity index (χ0) is 11.8. The summed E-state index contributed by atoms with van der Waals surface area (Å²) in [6.07, 6.45) is 6.83. The Bertz CT molecular complexity index is 246. The van der Waals surface area contributed by atoms with Crippen LogP contribution >= 0.6 is 0 Å². The van der Waals surface area contributed by atoms with Crippen LogP contribution in [0, 0.1) is 17.3 Å². The van der Waals surface area contributed by atoms with Crippen molar-refractivity contribution >= 4 is 0 Å². The van der Waals surface area contributed by atoms with Gasteiger partial charge in [-0.3, -0.25) is 0 Å². The summed E-state index contributed by atoms with van der Waals surface area (Å²) in [4.78, 5) is 0. The summed E-state index contributed by atoms with van der Waals surface area (Å²) in [5, 5.41) is 0. The highest BCUT2D eigenvalue weighted by molar-refractivity contribution is 5.00. The van der Waals surface area contributed by atoms with Gasteiger partial charge in [0.05, 0.1) is 5.60 Å². The quantitative estimate of drug-likeness (QED) is 0.798. The van der Waals surface area contributed by atoms with Gasteiger partial charge in [0, 0.05) is 6.61 Å². The SMILES string of the molecule is CC(C)(C)OCCC1(CN)CC2CCC1C2. The second-order valence-electron chi connectivity index (χ2n) is 6.86. The highest BCUT2D eigenvalue weighted by atomic mass is 16.5. The number of rotatable bonds is 4. The van der Waals surface area contributed by atoms with E-state index < -0.39 is 0 Å². The molecule has 3 unspecified atom stereocenters. The summed E-state index contributed by atoms with van der Waals surface area (Å²) in [5.74, 6) is 1.87. The lowest BCUT2D eigenvalue weighted by Crippen LogP contribution is -2.37. The summed E-state index contributed by atoms with van der Waals surface area (Å²) < 4.78 is 5.87. The number of nitrogens with two attached hydrogens (primary N) is 1. The van der Waals surface area contributed by atoms with Crippen molar-refractivity contribution in [1.82, 2.24) is 0 Å². The topological polar surface area (TPSA) is 35.2 Å². The lowest BCUT2D eigenvalue weighted by Gasteiger charge is -2.37. The lowest BCUT2D eigenvalue weighted by molar-refractivity contribution is -0.0253. The van der Waals surface area contributed by atoms with Crippen molar-refractivity contribution in [2.45, 2.75) is 58.5 Å². The van der Waals surface area contributed by atoms with Crippen molar-refractivity contribution < 1.29 is 4.74 Å². The van der Waals surface area contributed by atoms with E-state index in [0.717, 1.165) is 25.0 Å².